The van der Waals surface area contributed by atoms with Crippen LogP contribution in [0.25, 0.3) is 16.7 Å². The molecule has 0 amide bonds. The molecule has 1 aromatic heterocycles. The van der Waals surface area contributed by atoms with Crippen LogP contribution in [-0.4, -0.2) is 48.5 Å². The average molecular weight is 352 g/mol. The minimum Gasteiger partial charge on any atom is -0.367 e. The number of allylic oxidation sites excluding steroid dienone is 2. The first-order valence-corrected chi connectivity index (χ1v) is 9.06. The molecule has 2 aromatic rings. The molecule has 0 radical (unpaired) electrons. The Hall–Kier alpha value is -2.10. The fourth-order valence-electron chi connectivity index (χ4n) is 3.39. The van der Waals surface area contributed by atoms with Crippen molar-refractivity contribution < 1.29 is 0 Å². The highest BCUT2D eigenvalue weighted by molar-refractivity contribution is 6.30. The summed E-state index contributed by atoms with van der Waals surface area (Å²) >= 11 is 6.00. The van der Waals surface area contributed by atoms with Gasteiger partial charge in [0.15, 0.2) is 0 Å². The standard InChI is InChI=1S/C21H22ClN3/c1-24(2)8-3-9-25-14-20(19-11-21(19)25)17-10-16(12-23-13-17)15-4-6-18(22)7-5-15/h4-7,10-13H,3,8-9,14H2,1-2H3. The molecule has 0 atom stereocenters. The van der Waals surface area contributed by atoms with Gasteiger partial charge in [-0.1, -0.05) is 23.7 Å². The maximum Gasteiger partial charge on any atom is 0.0454 e. The second-order valence-corrected chi connectivity index (χ2v) is 7.41. The molecule has 0 unspecified atom stereocenters. The first kappa shape index (κ1) is 16.4. The number of pyridine rings is 1. The third kappa shape index (κ3) is 3.48. The molecular formula is C21H22ClN3. The largest absolute Gasteiger partial charge is 0.367 e. The highest BCUT2D eigenvalue weighted by atomic mass is 35.5. The molecular weight excluding hydrogens is 330 g/mol. The van der Waals surface area contributed by atoms with Crippen LogP contribution in [0.1, 0.15) is 12.0 Å². The molecule has 4 heteroatoms. The maximum atomic E-state index is 6.00. The zero-order valence-corrected chi connectivity index (χ0v) is 15.4. The Balaban J connectivity index is 1.49. The predicted octanol–water partition coefficient (Wildman–Crippen LogP) is 4.32. The van der Waals surface area contributed by atoms with Crippen molar-refractivity contribution in [2.75, 3.05) is 33.7 Å². The van der Waals surface area contributed by atoms with E-state index in [0.29, 0.717) is 0 Å². The Morgan fingerprint density at radius 1 is 1.08 bits per heavy atom. The molecule has 0 N–H and O–H groups in total. The molecule has 128 valence electrons. The van der Waals surface area contributed by atoms with Gasteiger partial charge < -0.3 is 9.80 Å². The van der Waals surface area contributed by atoms with E-state index in [1.165, 1.54) is 28.8 Å². The summed E-state index contributed by atoms with van der Waals surface area (Å²) in [5.41, 5.74) is 7.75. The maximum absolute atomic E-state index is 6.00. The zero-order chi connectivity index (χ0) is 17.4. The number of hydrogen-bond acceptors (Lipinski definition) is 3. The number of aromatic nitrogens is 1. The van der Waals surface area contributed by atoms with E-state index in [4.69, 9.17) is 11.6 Å². The van der Waals surface area contributed by atoms with Crippen LogP contribution >= 0.6 is 11.6 Å². The van der Waals surface area contributed by atoms with Crippen molar-refractivity contribution in [1.82, 2.24) is 14.8 Å². The van der Waals surface area contributed by atoms with E-state index in [-0.39, 0.29) is 0 Å². The van der Waals surface area contributed by atoms with Crippen molar-refractivity contribution >= 4 is 17.2 Å². The molecule has 0 saturated heterocycles. The summed E-state index contributed by atoms with van der Waals surface area (Å²) in [5, 5.41) is 0.758. The minimum atomic E-state index is 0.758. The lowest BCUT2D eigenvalue weighted by atomic mass is 10.0. The van der Waals surface area contributed by atoms with Crippen molar-refractivity contribution in [1.29, 1.82) is 0 Å². The monoisotopic (exact) mass is 351 g/mol. The van der Waals surface area contributed by atoms with E-state index < -0.39 is 0 Å². The number of benzene rings is 1. The summed E-state index contributed by atoms with van der Waals surface area (Å²) in [6.45, 7) is 3.24. The van der Waals surface area contributed by atoms with Gasteiger partial charge in [-0.05, 0) is 68.0 Å². The fraction of sp³-hybridized carbons (Fsp3) is 0.286. The number of rotatable bonds is 6. The van der Waals surface area contributed by atoms with Crippen LogP contribution in [0, 0.1) is 0 Å². The van der Waals surface area contributed by atoms with Crippen LogP contribution in [0.4, 0.5) is 0 Å². The van der Waals surface area contributed by atoms with E-state index in [0.717, 1.165) is 35.8 Å². The lowest BCUT2D eigenvalue weighted by Crippen LogP contribution is -2.23. The molecule has 1 aliphatic carbocycles. The van der Waals surface area contributed by atoms with E-state index >= 15 is 0 Å². The Bertz CT molecular complexity index is 850. The summed E-state index contributed by atoms with van der Waals surface area (Å²) in [5.74, 6) is 0. The quantitative estimate of drug-likeness (QED) is 0.772. The van der Waals surface area contributed by atoms with Crippen molar-refractivity contribution in [3.63, 3.8) is 0 Å². The van der Waals surface area contributed by atoms with Crippen LogP contribution in [0.2, 0.25) is 5.02 Å². The normalized spacial score (nSPS) is 15.7. The lowest BCUT2D eigenvalue weighted by molar-refractivity contribution is 0.344. The van der Waals surface area contributed by atoms with Crippen molar-refractivity contribution in [3.05, 3.63) is 70.7 Å². The zero-order valence-electron chi connectivity index (χ0n) is 14.7. The van der Waals surface area contributed by atoms with Crippen LogP contribution in [0.5, 0.6) is 0 Å². The van der Waals surface area contributed by atoms with Crippen LogP contribution < -0.4 is 0 Å². The molecule has 2 heterocycles. The number of halogens is 1. The molecule has 0 bridgehead atoms. The van der Waals surface area contributed by atoms with Gasteiger partial charge in [0.25, 0.3) is 0 Å². The smallest absolute Gasteiger partial charge is 0.0454 e. The molecule has 1 aliphatic heterocycles. The molecule has 3 nitrogen and oxygen atoms in total. The number of hydrogen-bond donors (Lipinski definition) is 0. The van der Waals surface area contributed by atoms with Gasteiger partial charge in [0.05, 0.1) is 0 Å². The summed E-state index contributed by atoms with van der Waals surface area (Å²) in [7, 11) is 4.26. The lowest BCUT2D eigenvalue weighted by Gasteiger charge is -2.20. The van der Waals surface area contributed by atoms with Gasteiger partial charge >= 0.3 is 0 Å². The Labute approximate surface area is 154 Å². The van der Waals surface area contributed by atoms with Gasteiger partial charge in [0.1, 0.15) is 0 Å². The van der Waals surface area contributed by atoms with Crippen molar-refractivity contribution in [2.45, 2.75) is 6.42 Å². The van der Waals surface area contributed by atoms with Crippen molar-refractivity contribution in [2.24, 2.45) is 0 Å². The fourth-order valence-corrected chi connectivity index (χ4v) is 3.52. The summed E-state index contributed by atoms with van der Waals surface area (Å²) in [4.78, 5) is 9.21. The van der Waals surface area contributed by atoms with Gasteiger partial charge in [-0.3, -0.25) is 4.98 Å². The van der Waals surface area contributed by atoms with E-state index in [9.17, 15) is 0 Å². The van der Waals surface area contributed by atoms with E-state index in [1.54, 1.807) is 0 Å². The highest BCUT2D eigenvalue weighted by Gasteiger charge is 2.34. The molecule has 2 aliphatic rings. The van der Waals surface area contributed by atoms with Gasteiger partial charge in [0.2, 0.25) is 0 Å². The van der Waals surface area contributed by atoms with Gasteiger partial charge in [-0.25, -0.2) is 0 Å². The van der Waals surface area contributed by atoms with Crippen molar-refractivity contribution in [3.8, 4) is 11.1 Å². The van der Waals surface area contributed by atoms with Crippen LogP contribution in [-0.2, 0) is 0 Å². The molecule has 0 fully saturated rings. The average Bonchev–Trinajstić information content (AvgIpc) is 3.32. The summed E-state index contributed by atoms with van der Waals surface area (Å²) < 4.78 is 0. The molecule has 25 heavy (non-hydrogen) atoms. The second kappa shape index (κ2) is 6.66. The third-order valence-electron chi connectivity index (χ3n) is 4.79. The predicted molar refractivity (Wildman–Crippen MR) is 104 cm³/mol. The van der Waals surface area contributed by atoms with Gasteiger partial charge in [-0.2, -0.15) is 0 Å². The molecule has 0 spiro atoms. The Kier molecular flexibility index (Phi) is 4.36. The Morgan fingerprint density at radius 3 is 2.60 bits per heavy atom. The van der Waals surface area contributed by atoms with Crippen LogP contribution in [0.3, 0.4) is 0 Å². The third-order valence-corrected chi connectivity index (χ3v) is 5.04. The number of fused-ring (bicyclic) bond motifs is 1. The molecule has 4 rings (SSSR count). The highest BCUT2D eigenvalue weighted by Crippen LogP contribution is 2.45. The van der Waals surface area contributed by atoms with E-state index in [2.05, 4.69) is 41.0 Å². The first-order valence-electron chi connectivity index (χ1n) is 8.68. The molecule has 1 aromatic carbocycles. The Morgan fingerprint density at radius 2 is 1.84 bits per heavy atom. The molecule has 0 saturated carbocycles. The summed E-state index contributed by atoms with van der Waals surface area (Å²) in [6.07, 6.45) is 7.38. The van der Waals surface area contributed by atoms with Gasteiger partial charge in [0, 0.05) is 47.3 Å². The number of nitrogens with zero attached hydrogens (tertiary/aromatic N) is 3. The topological polar surface area (TPSA) is 19.4 Å². The van der Waals surface area contributed by atoms with Gasteiger partial charge in [-0.15, -0.1) is 0 Å². The first-order chi connectivity index (χ1) is 12.1. The second-order valence-electron chi connectivity index (χ2n) is 6.97. The van der Waals surface area contributed by atoms with E-state index in [1.807, 2.05) is 36.7 Å². The van der Waals surface area contributed by atoms with Crippen LogP contribution in [0.15, 0.2) is 60.1 Å². The SMILES string of the molecule is CN(C)CCCN1CC(c2cncc(-c3ccc(Cl)cc3)c2)=C2C=C21. The summed E-state index contributed by atoms with van der Waals surface area (Å²) in [6, 6.07) is 10.2. The minimum absolute atomic E-state index is 0.758.